The number of carbonyl (C=O) groups excluding carboxylic acids is 2. The molecule has 0 saturated heterocycles. The van der Waals surface area contributed by atoms with E-state index in [0.29, 0.717) is 17.2 Å². The molecule has 1 aliphatic heterocycles. The lowest BCUT2D eigenvalue weighted by molar-refractivity contribution is 0.0427. The Labute approximate surface area is 226 Å². The third-order valence-corrected chi connectivity index (χ3v) is 6.58. The van der Waals surface area contributed by atoms with E-state index in [1.54, 1.807) is 59.5 Å². The first kappa shape index (κ1) is 27.6. The molecule has 11 nitrogen and oxygen atoms in total. The Morgan fingerprint density at radius 3 is 2.26 bits per heavy atom. The summed E-state index contributed by atoms with van der Waals surface area (Å²) in [6.07, 6.45) is 0.660. The lowest BCUT2D eigenvalue weighted by Gasteiger charge is -2.27. The number of hydrogen-bond acceptors (Lipinski definition) is 10. The summed E-state index contributed by atoms with van der Waals surface area (Å²) in [5, 5.41) is 6.25. The van der Waals surface area contributed by atoms with Gasteiger partial charge in [0.2, 0.25) is 5.95 Å². The van der Waals surface area contributed by atoms with E-state index in [1.807, 2.05) is 13.8 Å². The number of rotatable bonds is 4. The third-order valence-electron chi connectivity index (χ3n) is 5.60. The summed E-state index contributed by atoms with van der Waals surface area (Å²) in [6.45, 7) is 14.5. The zero-order chi connectivity index (χ0) is 28.0. The molecule has 0 radical (unpaired) electrons. The number of nitrogens with zero attached hydrogens (tertiary/aromatic N) is 6. The van der Waals surface area contributed by atoms with Crippen LogP contribution in [0.3, 0.4) is 0 Å². The number of thioether (sulfide) groups is 1. The van der Waals surface area contributed by atoms with Crippen LogP contribution >= 0.6 is 11.8 Å². The number of ether oxygens (including phenoxy) is 3. The Morgan fingerprint density at radius 2 is 1.68 bits per heavy atom. The van der Waals surface area contributed by atoms with Gasteiger partial charge >= 0.3 is 12.2 Å². The fourth-order valence-electron chi connectivity index (χ4n) is 4.06. The molecule has 3 aromatic heterocycles. The second kappa shape index (κ2) is 10.0. The van der Waals surface area contributed by atoms with Gasteiger partial charge in [0.15, 0.2) is 5.65 Å². The molecule has 38 heavy (non-hydrogen) atoms. The highest BCUT2D eigenvalue weighted by atomic mass is 32.2. The molecule has 0 N–H and O–H groups in total. The molecule has 4 rings (SSSR count). The van der Waals surface area contributed by atoms with Crippen molar-refractivity contribution in [1.29, 1.82) is 0 Å². The number of hydrogen-bond donors (Lipinski definition) is 0. The third kappa shape index (κ3) is 5.69. The monoisotopic (exact) mass is 542 g/mol. The van der Waals surface area contributed by atoms with Gasteiger partial charge in [-0.25, -0.2) is 19.3 Å². The number of methoxy groups -OCH3 is 1. The molecule has 0 unspecified atom stereocenters. The topological polar surface area (TPSA) is 122 Å². The number of aryl methyl sites for hydroxylation is 2. The summed E-state index contributed by atoms with van der Waals surface area (Å²) in [5.41, 5.74) is 2.25. The van der Waals surface area contributed by atoms with Gasteiger partial charge in [0.05, 0.1) is 30.4 Å². The number of carbonyl (C=O) groups is 2. The van der Waals surface area contributed by atoms with E-state index in [2.05, 4.69) is 15.0 Å². The number of imide groups is 1. The average Bonchev–Trinajstić information content (AvgIpc) is 3.12. The minimum Gasteiger partial charge on any atom is -0.496 e. The Balaban J connectivity index is 1.85. The Bertz CT molecular complexity index is 1380. The van der Waals surface area contributed by atoms with Gasteiger partial charge in [-0.1, -0.05) is 0 Å². The molecule has 0 bridgehead atoms. The molecule has 0 saturated carbocycles. The van der Waals surface area contributed by atoms with Crippen molar-refractivity contribution in [1.82, 2.24) is 24.7 Å². The largest absolute Gasteiger partial charge is 0.496 e. The van der Waals surface area contributed by atoms with Crippen molar-refractivity contribution in [2.24, 2.45) is 0 Å². The number of pyridine rings is 1. The lowest BCUT2D eigenvalue weighted by atomic mass is 10.1. The number of amides is 2. The maximum Gasteiger partial charge on any atom is 0.427 e. The highest BCUT2D eigenvalue weighted by Gasteiger charge is 2.36. The first-order valence-corrected chi connectivity index (χ1v) is 13.3. The zero-order valence-electron chi connectivity index (χ0n) is 23.3. The smallest absolute Gasteiger partial charge is 0.427 e. The molecule has 3 aromatic rings. The second-order valence-corrected chi connectivity index (χ2v) is 12.2. The average molecular weight is 543 g/mol. The van der Waals surface area contributed by atoms with E-state index in [0.717, 1.165) is 50.7 Å². The van der Waals surface area contributed by atoms with Crippen LogP contribution in [0.1, 0.15) is 64.1 Å². The Kier molecular flexibility index (Phi) is 7.30. The van der Waals surface area contributed by atoms with E-state index < -0.39 is 23.4 Å². The SMILES string of the molecule is COc1c(C)cnc(Cn2nc3c4c(nc(N(C(=O)OC(C)(C)C)C(=O)OC(C)(C)C)nc42)SCC3)c1C. The highest BCUT2D eigenvalue weighted by Crippen LogP contribution is 2.36. The summed E-state index contributed by atoms with van der Waals surface area (Å²) >= 11 is 1.52. The molecule has 0 aliphatic carbocycles. The summed E-state index contributed by atoms with van der Waals surface area (Å²) in [7, 11) is 1.63. The maximum absolute atomic E-state index is 13.2. The fourth-order valence-corrected chi connectivity index (χ4v) is 5.05. The van der Waals surface area contributed by atoms with Gasteiger partial charge in [-0.3, -0.25) is 4.98 Å². The van der Waals surface area contributed by atoms with Crippen molar-refractivity contribution in [3.63, 3.8) is 0 Å². The first-order valence-electron chi connectivity index (χ1n) is 12.3. The van der Waals surface area contributed by atoms with Crippen LogP contribution in [0.25, 0.3) is 11.0 Å². The molecule has 0 atom stereocenters. The molecule has 0 aromatic carbocycles. The predicted octanol–water partition coefficient (Wildman–Crippen LogP) is 5.22. The van der Waals surface area contributed by atoms with Crippen molar-refractivity contribution in [3.8, 4) is 5.75 Å². The fraction of sp³-hybridized carbons (Fsp3) is 0.538. The highest BCUT2D eigenvalue weighted by molar-refractivity contribution is 7.99. The van der Waals surface area contributed by atoms with Crippen LogP contribution in [0.15, 0.2) is 11.2 Å². The summed E-state index contributed by atoms with van der Waals surface area (Å²) in [5.74, 6) is 1.39. The van der Waals surface area contributed by atoms with Crippen LogP contribution in [0.5, 0.6) is 5.75 Å². The van der Waals surface area contributed by atoms with Crippen molar-refractivity contribution in [3.05, 3.63) is 28.7 Å². The minimum absolute atomic E-state index is 0.135. The van der Waals surface area contributed by atoms with Crippen LogP contribution < -0.4 is 9.64 Å². The van der Waals surface area contributed by atoms with Crippen LogP contribution in [0.2, 0.25) is 0 Å². The van der Waals surface area contributed by atoms with Crippen LogP contribution in [-0.4, -0.2) is 61.0 Å². The first-order chi connectivity index (χ1) is 17.7. The van der Waals surface area contributed by atoms with Crippen molar-refractivity contribution in [2.45, 2.75) is 84.6 Å². The zero-order valence-corrected chi connectivity index (χ0v) is 24.1. The van der Waals surface area contributed by atoms with E-state index >= 15 is 0 Å². The lowest BCUT2D eigenvalue weighted by Crippen LogP contribution is -2.44. The Morgan fingerprint density at radius 1 is 1.05 bits per heavy atom. The number of anilines is 1. The predicted molar refractivity (Wildman–Crippen MR) is 144 cm³/mol. The van der Waals surface area contributed by atoms with E-state index in [9.17, 15) is 9.59 Å². The van der Waals surface area contributed by atoms with E-state index in [-0.39, 0.29) is 5.95 Å². The molecular weight excluding hydrogens is 508 g/mol. The summed E-state index contributed by atoms with van der Waals surface area (Å²) in [6, 6.07) is 0. The van der Waals surface area contributed by atoms with E-state index in [1.165, 1.54) is 11.8 Å². The minimum atomic E-state index is -0.925. The van der Waals surface area contributed by atoms with Crippen molar-refractivity contribution in [2.75, 3.05) is 17.8 Å². The Hall–Kier alpha value is -3.41. The normalized spacial score (nSPS) is 13.4. The molecular formula is C26H34N6O5S. The molecule has 1 aliphatic rings. The van der Waals surface area contributed by atoms with Crippen LogP contribution in [0.4, 0.5) is 15.5 Å². The molecule has 0 spiro atoms. The van der Waals surface area contributed by atoms with E-state index in [4.69, 9.17) is 19.3 Å². The van der Waals surface area contributed by atoms with Crippen LogP contribution in [0, 0.1) is 13.8 Å². The van der Waals surface area contributed by atoms with Gasteiger partial charge in [0, 0.05) is 29.5 Å². The maximum atomic E-state index is 13.2. The van der Waals surface area contributed by atoms with Gasteiger partial charge in [-0.15, -0.1) is 16.7 Å². The second-order valence-electron chi connectivity index (χ2n) is 11.1. The summed E-state index contributed by atoms with van der Waals surface area (Å²) < 4.78 is 18.4. The summed E-state index contributed by atoms with van der Waals surface area (Å²) in [4.78, 5) is 41.1. The van der Waals surface area contributed by atoms with Crippen molar-refractivity contribution >= 4 is 40.9 Å². The van der Waals surface area contributed by atoms with Gasteiger partial charge in [0.25, 0.3) is 0 Å². The molecule has 204 valence electrons. The van der Waals surface area contributed by atoms with Gasteiger partial charge in [-0.2, -0.15) is 10.1 Å². The molecule has 4 heterocycles. The van der Waals surface area contributed by atoms with Crippen LogP contribution in [-0.2, 0) is 22.4 Å². The van der Waals surface area contributed by atoms with Gasteiger partial charge in [0.1, 0.15) is 22.0 Å². The number of aromatic nitrogens is 5. The standard InChI is InChI=1S/C26H34N6O5S/c1-14-12-27-17(15(2)19(14)35-9)13-31-20-18-16(30-31)10-11-38-21(18)29-22(28-20)32(23(33)36-25(3,4)5)24(34)37-26(6,7)8/h12H,10-11,13H2,1-9H3. The van der Waals surface area contributed by atoms with Gasteiger partial charge < -0.3 is 14.2 Å². The van der Waals surface area contributed by atoms with Crippen molar-refractivity contribution < 1.29 is 23.8 Å². The molecule has 2 amide bonds. The quantitative estimate of drug-likeness (QED) is 0.406. The molecule has 12 heteroatoms. The molecule has 0 fully saturated rings. The van der Waals surface area contributed by atoms with Gasteiger partial charge in [-0.05, 0) is 55.4 Å².